The lowest BCUT2D eigenvalue weighted by Gasteiger charge is -2.22. The standard InChI is InChI=1S/C21H23ClN4O7S3/c1-21(2,3)36(32,33)26-17-12-16(25-24-13-8-10-14(11-9-13)34(22,28)29)19-15(20(17)27)6-5-7-18(19)35(30,31)23-4/h5-12,23,26-27H,1-4H3. The fourth-order valence-electron chi connectivity index (χ4n) is 2.99. The summed E-state index contributed by atoms with van der Waals surface area (Å²) in [7, 11) is -5.41. The van der Waals surface area contributed by atoms with Gasteiger partial charge < -0.3 is 5.11 Å². The average molecular weight is 575 g/mol. The monoisotopic (exact) mass is 574 g/mol. The lowest BCUT2D eigenvalue weighted by Crippen LogP contribution is -2.33. The van der Waals surface area contributed by atoms with Crippen molar-refractivity contribution in [2.75, 3.05) is 11.8 Å². The summed E-state index contributed by atoms with van der Waals surface area (Å²) < 4.78 is 77.1. The Hall–Kier alpha value is -2.78. The second-order valence-electron chi connectivity index (χ2n) is 8.53. The number of phenolic OH excluding ortho intramolecular Hbond substituents is 1. The number of hydrogen-bond donors (Lipinski definition) is 3. The van der Waals surface area contributed by atoms with Crippen molar-refractivity contribution in [1.82, 2.24) is 4.72 Å². The Kier molecular flexibility index (Phi) is 7.41. The number of halogens is 1. The molecule has 0 saturated heterocycles. The van der Waals surface area contributed by atoms with E-state index in [0.717, 1.165) is 6.07 Å². The topological polar surface area (TPSA) is 171 Å². The van der Waals surface area contributed by atoms with Crippen LogP contribution in [0.3, 0.4) is 0 Å². The number of aromatic hydroxyl groups is 1. The summed E-state index contributed by atoms with van der Waals surface area (Å²) in [6.45, 7) is 4.41. The molecule has 0 saturated carbocycles. The van der Waals surface area contributed by atoms with Crippen molar-refractivity contribution in [2.45, 2.75) is 35.3 Å². The number of rotatable bonds is 7. The molecule has 194 valence electrons. The number of nitrogens with one attached hydrogen (secondary N) is 2. The molecule has 0 bridgehead atoms. The third kappa shape index (κ3) is 5.62. The molecule has 0 fully saturated rings. The van der Waals surface area contributed by atoms with Gasteiger partial charge in [-0.2, -0.15) is 5.11 Å². The van der Waals surface area contributed by atoms with Crippen LogP contribution in [-0.4, -0.2) is 42.2 Å². The van der Waals surface area contributed by atoms with Crippen molar-refractivity contribution in [2.24, 2.45) is 10.2 Å². The predicted octanol–water partition coefficient (Wildman–Crippen LogP) is 4.34. The molecule has 0 aromatic heterocycles. The summed E-state index contributed by atoms with van der Waals surface area (Å²) >= 11 is 0. The average Bonchev–Trinajstić information content (AvgIpc) is 2.78. The highest BCUT2D eigenvalue weighted by Crippen LogP contribution is 2.43. The van der Waals surface area contributed by atoms with Crippen LogP contribution >= 0.6 is 10.7 Å². The second-order valence-corrected chi connectivity index (χ2v) is 15.4. The van der Waals surface area contributed by atoms with Gasteiger partial charge in [0, 0.05) is 21.5 Å². The van der Waals surface area contributed by atoms with Crippen molar-refractivity contribution in [3.05, 3.63) is 48.5 Å². The number of benzene rings is 3. The molecule has 0 heterocycles. The number of sulfonamides is 2. The van der Waals surface area contributed by atoms with E-state index in [1.165, 1.54) is 70.3 Å². The molecule has 11 nitrogen and oxygen atoms in total. The first-order chi connectivity index (χ1) is 16.5. The molecule has 15 heteroatoms. The minimum absolute atomic E-state index is 0.00763. The fourth-order valence-corrected chi connectivity index (χ4v) is 5.47. The van der Waals surface area contributed by atoms with Crippen LogP contribution in [-0.2, 0) is 29.1 Å². The van der Waals surface area contributed by atoms with Crippen LogP contribution in [0.5, 0.6) is 5.75 Å². The Bertz CT molecular complexity index is 1680. The first kappa shape index (κ1) is 27.8. The molecule has 3 rings (SSSR count). The van der Waals surface area contributed by atoms with E-state index in [-0.39, 0.29) is 37.6 Å². The van der Waals surface area contributed by atoms with Gasteiger partial charge in [-0.3, -0.25) is 4.72 Å². The molecule has 3 aromatic rings. The third-order valence-corrected chi connectivity index (χ3v) is 10.0. The number of phenols is 1. The van der Waals surface area contributed by atoms with E-state index in [9.17, 15) is 30.4 Å². The van der Waals surface area contributed by atoms with Gasteiger partial charge in [-0.1, -0.05) is 12.1 Å². The van der Waals surface area contributed by atoms with Crippen molar-refractivity contribution in [3.8, 4) is 5.75 Å². The highest BCUT2D eigenvalue weighted by atomic mass is 35.7. The minimum Gasteiger partial charge on any atom is -0.505 e. The molecule has 0 aliphatic rings. The highest BCUT2D eigenvalue weighted by Gasteiger charge is 2.31. The van der Waals surface area contributed by atoms with E-state index in [1.54, 1.807) is 0 Å². The van der Waals surface area contributed by atoms with Gasteiger partial charge in [0.05, 0.1) is 31.6 Å². The van der Waals surface area contributed by atoms with E-state index < -0.39 is 39.6 Å². The van der Waals surface area contributed by atoms with E-state index in [2.05, 4.69) is 19.7 Å². The number of anilines is 1. The Morgan fingerprint density at radius 3 is 2.06 bits per heavy atom. The van der Waals surface area contributed by atoms with Crippen LogP contribution in [0.4, 0.5) is 17.1 Å². The first-order valence-corrected chi connectivity index (χ1v) is 15.5. The lowest BCUT2D eigenvalue weighted by molar-refractivity contribution is 0.483. The molecule has 0 aliphatic heterocycles. The molecule has 36 heavy (non-hydrogen) atoms. The maximum atomic E-state index is 12.7. The molecule has 0 radical (unpaired) electrons. The number of azo groups is 1. The fraction of sp³-hybridized carbons (Fsp3) is 0.238. The molecule has 3 aromatic carbocycles. The highest BCUT2D eigenvalue weighted by molar-refractivity contribution is 8.13. The minimum atomic E-state index is -4.02. The zero-order valence-corrected chi connectivity index (χ0v) is 22.7. The van der Waals surface area contributed by atoms with Crippen LogP contribution in [0.2, 0.25) is 0 Å². The van der Waals surface area contributed by atoms with Crippen LogP contribution in [0, 0.1) is 0 Å². The normalized spacial score (nSPS) is 13.4. The van der Waals surface area contributed by atoms with Crippen LogP contribution in [0.1, 0.15) is 20.8 Å². The molecular weight excluding hydrogens is 552 g/mol. The molecular formula is C21H23ClN4O7S3. The Labute approximate surface area is 213 Å². The van der Waals surface area contributed by atoms with Gasteiger partial charge in [-0.05, 0) is 64.2 Å². The summed E-state index contributed by atoms with van der Waals surface area (Å²) in [6, 6.07) is 10.3. The molecule has 0 spiro atoms. The Morgan fingerprint density at radius 1 is 0.917 bits per heavy atom. The van der Waals surface area contributed by atoms with Gasteiger partial charge in [-0.15, -0.1) is 5.11 Å². The molecule has 0 unspecified atom stereocenters. The van der Waals surface area contributed by atoms with Gasteiger partial charge in [0.25, 0.3) is 9.05 Å². The second kappa shape index (κ2) is 9.59. The van der Waals surface area contributed by atoms with E-state index >= 15 is 0 Å². The van der Waals surface area contributed by atoms with Gasteiger partial charge in [-0.25, -0.2) is 30.0 Å². The molecule has 0 amide bonds. The quantitative estimate of drug-likeness (QED) is 0.214. The summed E-state index contributed by atoms with van der Waals surface area (Å²) in [5, 5.41) is 19.0. The number of hydrogen-bond acceptors (Lipinski definition) is 9. The molecule has 3 N–H and O–H groups in total. The van der Waals surface area contributed by atoms with Crippen molar-refractivity contribution in [3.63, 3.8) is 0 Å². The zero-order valence-electron chi connectivity index (χ0n) is 19.5. The van der Waals surface area contributed by atoms with Crippen molar-refractivity contribution >= 4 is 67.6 Å². The van der Waals surface area contributed by atoms with E-state index in [1.807, 2.05) is 0 Å². The van der Waals surface area contributed by atoms with E-state index in [0.29, 0.717) is 0 Å². The van der Waals surface area contributed by atoms with Crippen LogP contribution in [0.15, 0.2) is 68.6 Å². The maximum Gasteiger partial charge on any atom is 0.261 e. The number of fused-ring (bicyclic) bond motifs is 1. The van der Waals surface area contributed by atoms with Crippen molar-refractivity contribution in [1.29, 1.82) is 0 Å². The van der Waals surface area contributed by atoms with Gasteiger partial charge in [0.2, 0.25) is 20.0 Å². The van der Waals surface area contributed by atoms with Crippen molar-refractivity contribution < 1.29 is 30.4 Å². The summed E-state index contributed by atoms with van der Waals surface area (Å²) in [6.07, 6.45) is 0. The summed E-state index contributed by atoms with van der Waals surface area (Å²) in [5.41, 5.74) is -0.0992. The van der Waals surface area contributed by atoms with Gasteiger partial charge in [0.15, 0.2) is 0 Å². The third-order valence-electron chi connectivity index (χ3n) is 5.07. The lowest BCUT2D eigenvalue weighted by atomic mass is 10.1. The largest absolute Gasteiger partial charge is 0.505 e. The first-order valence-electron chi connectivity index (χ1n) is 10.2. The summed E-state index contributed by atoms with van der Waals surface area (Å²) in [4.78, 5) is -0.375. The Balaban J connectivity index is 2.28. The SMILES string of the molecule is CNS(=O)(=O)c1cccc2c(O)c(NS(=O)(=O)C(C)(C)C)cc(N=Nc3ccc(S(=O)(=O)Cl)cc3)c12. The smallest absolute Gasteiger partial charge is 0.261 e. The number of nitrogens with zero attached hydrogens (tertiary/aromatic N) is 2. The maximum absolute atomic E-state index is 12.7. The van der Waals surface area contributed by atoms with Crippen LogP contribution < -0.4 is 9.44 Å². The zero-order chi connectivity index (χ0) is 27.1. The Morgan fingerprint density at radius 2 is 1.53 bits per heavy atom. The van der Waals surface area contributed by atoms with Gasteiger partial charge in [0.1, 0.15) is 5.75 Å². The molecule has 0 aliphatic carbocycles. The van der Waals surface area contributed by atoms with Gasteiger partial charge >= 0.3 is 0 Å². The summed E-state index contributed by atoms with van der Waals surface area (Å²) in [5.74, 6) is -0.499. The predicted molar refractivity (Wildman–Crippen MR) is 138 cm³/mol. The molecule has 0 atom stereocenters. The van der Waals surface area contributed by atoms with E-state index in [4.69, 9.17) is 10.7 Å². The van der Waals surface area contributed by atoms with Crippen LogP contribution in [0.25, 0.3) is 10.8 Å².